The molecule has 0 saturated heterocycles. The molecule has 0 aromatic heterocycles. The summed E-state index contributed by atoms with van der Waals surface area (Å²) in [6.07, 6.45) is 0.0258. The van der Waals surface area contributed by atoms with Crippen LogP contribution in [0, 0.1) is 21.3 Å². The zero-order valence-electron chi connectivity index (χ0n) is 11.6. The van der Waals surface area contributed by atoms with E-state index in [9.17, 15) is 19.3 Å². The van der Waals surface area contributed by atoms with Gasteiger partial charge in [-0.1, -0.05) is 20.8 Å². The predicted octanol–water partition coefficient (Wildman–Crippen LogP) is 2.44. The number of anilines is 1. The smallest absolute Gasteiger partial charge is 0.295 e. The van der Waals surface area contributed by atoms with Crippen LogP contribution in [0.2, 0.25) is 0 Å². The van der Waals surface area contributed by atoms with E-state index >= 15 is 0 Å². The highest BCUT2D eigenvalue weighted by Gasteiger charge is 2.24. The fourth-order valence-electron chi connectivity index (χ4n) is 1.47. The third-order valence-electron chi connectivity index (χ3n) is 2.95. The maximum atomic E-state index is 13.0. The summed E-state index contributed by atoms with van der Waals surface area (Å²) in [5.41, 5.74) is 5.09. The predicted molar refractivity (Wildman–Crippen MR) is 73.7 cm³/mol. The molecule has 0 aliphatic carbocycles. The number of nitrogens with one attached hydrogen (secondary N) is 1. The first-order chi connectivity index (χ1) is 9.11. The van der Waals surface area contributed by atoms with E-state index in [0.717, 1.165) is 18.2 Å². The Morgan fingerprint density at radius 1 is 1.50 bits per heavy atom. The summed E-state index contributed by atoms with van der Waals surface area (Å²) < 4.78 is 13.0. The van der Waals surface area contributed by atoms with Crippen LogP contribution in [-0.4, -0.2) is 16.9 Å². The highest BCUT2D eigenvalue weighted by molar-refractivity contribution is 5.93. The number of hydrogen-bond donors (Lipinski definition) is 2. The molecule has 1 aromatic rings. The van der Waals surface area contributed by atoms with E-state index in [-0.39, 0.29) is 23.6 Å². The van der Waals surface area contributed by atoms with Crippen molar-refractivity contribution in [3.8, 4) is 0 Å². The summed E-state index contributed by atoms with van der Waals surface area (Å²) >= 11 is 0. The average molecular weight is 283 g/mol. The normalized spacial score (nSPS) is 12.8. The van der Waals surface area contributed by atoms with Gasteiger partial charge in [-0.05, 0) is 17.5 Å². The SMILES string of the molecule is CC(C)(C)C(N)CC(=O)Nc1ccc(F)cc1[N+](=O)[O-]. The lowest BCUT2D eigenvalue weighted by Gasteiger charge is -2.26. The quantitative estimate of drug-likeness (QED) is 0.655. The van der Waals surface area contributed by atoms with Gasteiger partial charge in [-0.25, -0.2) is 4.39 Å². The van der Waals surface area contributed by atoms with Crippen LogP contribution in [0.15, 0.2) is 18.2 Å². The van der Waals surface area contributed by atoms with Gasteiger partial charge in [0.25, 0.3) is 5.69 Å². The molecule has 1 amide bonds. The molecule has 0 aliphatic rings. The number of halogens is 1. The van der Waals surface area contributed by atoms with Crippen molar-refractivity contribution >= 4 is 17.3 Å². The Kier molecular flexibility index (Phi) is 4.78. The van der Waals surface area contributed by atoms with Crippen LogP contribution >= 0.6 is 0 Å². The number of nitrogens with two attached hydrogens (primary N) is 1. The highest BCUT2D eigenvalue weighted by atomic mass is 19.1. The number of nitro groups is 1. The van der Waals surface area contributed by atoms with Gasteiger partial charge < -0.3 is 11.1 Å². The number of nitro benzene ring substituents is 1. The Morgan fingerprint density at radius 2 is 2.10 bits per heavy atom. The van der Waals surface area contributed by atoms with Crippen LogP contribution < -0.4 is 11.1 Å². The van der Waals surface area contributed by atoms with Gasteiger partial charge >= 0.3 is 0 Å². The Balaban J connectivity index is 2.84. The average Bonchev–Trinajstić information content (AvgIpc) is 2.29. The number of hydrogen-bond acceptors (Lipinski definition) is 4. The topological polar surface area (TPSA) is 98.3 Å². The zero-order chi connectivity index (χ0) is 15.5. The molecule has 110 valence electrons. The van der Waals surface area contributed by atoms with Crippen LogP contribution in [0.5, 0.6) is 0 Å². The van der Waals surface area contributed by atoms with Crippen molar-refractivity contribution in [2.45, 2.75) is 33.2 Å². The first-order valence-electron chi connectivity index (χ1n) is 6.10. The number of nitrogens with zero attached hydrogens (tertiary/aromatic N) is 1. The van der Waals surface area contributed by atoms with Crippen LogP contribution in [0.4, 0.5) is 15.8 Å². The number of carbonyl (C=O) groups is 1. The van der Waals surface area contributed by atoms with E-state index in [2.05, 4.69) is 5.32 Å². The molecule has 20 heavy (non-hydrogen) atoms. The maximum Gasteiger partial charge on any atom is 0.295 e. The second-order valence-corrected chi connectivity index (χ2v) is 5.64. The van der Waals surface area contributed by atoms with Crippen LogP contribution in [0.1, 0.15) is 27.2 Å². The van der Waals surface area contributed by atoms with Crippen molar-refractivity contribution in [2.24, 2.45) is 11.1 Å². The Bertz CT molecular complexity index is 526. The van der Waals surface area contributed by atoms with E-state index in [0.29, 0.717) is 0 Å². The fraction of sp³-hybridized carbons (Fsp3) is 0.462. The van der Waals surface area contributed by atoms with E-state index < -0.39 is 22.3 Å². The second-order valence-electron chi connectivity index (χ2n) is 5.64. The standard InChI is InChI=1S/C13H18FN3O3/c1-13(2,3)11(15)7-12(18)16-9-5-4-8(14)6-10(9)17(19)20/h4-6,11H,7,15H2,1-3H3,(H,16,18). The molecule has 1 aromatic carbocycles. The third-order valence-corrected chi connectivity index (χ3v) is 2.95. The third kappa shape index (κ3) is 4.27. The van der Waals surface area contributed by atoms with Crippen LogP contribution in [-0.2, 0) is 4.79 Å². The van der Waals surface area contributed by atoms with E-state index in [4.69, 9.17) is 5.73 Å². The monoisotopic (exact) mass is 283 g/mol. The van der Waals surface area contributed by atoms with Gasteiger partial charge in [0.05, 0.1) is 11.0 Å². The summed E-state index contributed by atoms with van der Waals surface area (Å²) in [7, 11) is 0. The molecule has 0 aliphatic heterocycles. The van der Waals surface area contributed by atoms with Crippen molar-refractivity contribution in [1.82, 2.24) is 0 Å². The van der Waals surface area contributed by atoms with Crippen LogP contribution in [0.3, 0.4) is 0 Å². The molecular weight excluding hydrogens is 265 g/mol. The summed E-state index contributed by atoms with van der Waals surface area (Å²) in [5, 5.41) is 13.2. The first kappa shape index (κ1) is 16.0. The van der Waals surface area contributed by atoms with E-state index in [1.807, 2.05) is 20.8 Å². The van der Waals surface area contributed by atoms with Crippen molar-refractivity contribution < 1.29 is 14.1 Å². The van der Waals surface area contributed by atoms with Gasteiger partial charge in [-0.15, -0.1) is 0 Å². The van der Waals surface area contributed by atoms with Gasteiger partial charge in [0, 0.05) is 12.5 Å². The summed E-state index contributed by atoms with van der Waals surface area (Å²) in [6.45, 7) is 5.68. The summed E-state index contributed by atoms with van der Waals surface area (Å²) in [6, 6.07) is 2.58. The summed E-state index contributed by atoms with van der Waals surface area (Å²) in [4.78, 5) is 21.9. The summed E-state index contributed by atoms with van der Waals surface area (Å²) in [5.74, 6) is -1.18. The Hall–Kier alpha value is -2.02. The van der Waals surface area contributed by atoms with Crippen molar-refractivity contribution in [1.29, 1.82) is 0 Å². The molecule has 0 bridgehead atoms. The zero-order valence-corrected chi connectivity index (χ0v) is 11.6. The molecule has 0 fully saturated rings. The van der Waals surface area contributed by atoms with Gasteiger partial charge in [0.1, 0.15) is 11.5 Å². The Labute approximate surface area is 116 Å². The van der Waals surface area contributed by atoms with Gasteiger partial charge in [0.15, 0.2) is 0 Å². The van der Waals surface area contributed by atoms with Gasteiger partial charge in [-0.3, -0.25) is 14.9 Å². The number of amides is 1. The van der Waals surface area contributed by atoms with Gasteiger partial charge in [-0.2, -0.15) is 0 Å². The lowest BCUT2D eigenvalue weighted by Crippen LogP contribution is -2.38. The lowest BCUT2D eigenvalue weighted by molar-refractivity contribution is -0.384. The molecule has 3 N–H and O–H groups in total. The minimum absolute atomic E-state index is 0.0258. The second kappa shape index (κ2) is 5.96. The molecule has 0 spiro atoms. The molecular formula is C13H18FN3O3. The lowest BCUT2D eigenvalue weighted by atomic mass is 9.85. The highest BCUT2D eigenvalue weighted by Crippen LogP contribution is 2.26. The molecule has 7 heteroatoms. The van der Waals surface area contributed by atoms with Crippen molar-refractivity contribution in [2.75, 3.05) is 5.32 Å². The molecule has 0 radical (unpaired) electrons. The number of rotatable bonds is 4. The molecule has 6 nitrogen and oxygen atoms in total. The van der Waals surface area contributed by atoms with Crippen molar-refractivity contribution in [3.63, 3.8) is 0 Å². The maximum absolute atomic E-state index is 13.0. The number of benzene rings is 1. The number of carbonyl (C=O) groups excluding carboxylic acids is 1. The largest absolute Gasteiger partial charge is 0.327 e. The van der Waals surface area contributed by atoms with E-state index in [1.165, 1.54) is 0 Å². The van der Waals surface area contributed by atoms with Crippen LogP contribution in [0.25, 0.3) is 0 Å². The molecule has 1 rings (SSSR count). The molecule has 0 saturated carbocycles. The van der Waals surface area contributed by atoms with E-state index in [1.54, 1.807) is 0 Å². The first-order valence-corrected chi connectivity index (χ1v) is 6.10. The van der Waals surface area contributed by atoms with Gasteiger partial charge in [0.2, 0.25) is 5.91 Å². The molecule has 0 heterocycles. The molecule has 1 atom stereocenters. The minimum atomic E-state index is -0.748. The van der Waals surface area contributed by atoms with Crippen molar-refractivity contribution in [3.05, 3.63) is 34.1 Å². The minimum Gasteiger partial charge on any atom is -0.327 e. The molecule has 1 unspecified atom stereocenters. The fourth-order valence-corrected chi connectivity index (χ4v) is 1.47. The Morgan fingerprint density at radius 3 is 2.60 bits per heavy atom.